The summed E-state index contributed by atoms with van der Waals surface area (Å²) in [4.78, 5) is 23.1. The second-order valence-electron chi connectivity index (χ2n) is 5.73. The summed E-state index contributed by atoms with van der Waals surface area (Å²) in [6, 6.07) is 1.85. The van der Waals surface area contributed by atoms with E-state index in [1.165, 1.54) is 11.3 Å². The summed E-state index contributed by atoms with van der Waals surface area (Å²) in [5.41, 5.74) is -0.236. The Morgan fingerprint density at radius 3 is 2.81 bits per heavy atom. The SMILES string of the molecule is CC(O)(CNC(=O)CCCNC(=O)C1CC1)c1ccsc1. The molecular formula is C15H22N2O3S. The molecule has 0 bridgehead atoms. The summed E-state index contributed by atoms with van der Waals surface area (Å²) in [5.74, 6) is 0.210. The molecule has 1 aliphatic rings. The predicted octanol–water partition coefficient (Wildman–Crippen LogP) is 1.38. The standard InChI is InChI=1S/C15H22N2O3S/c1-15(20,12-6-8-21-9-12)10-17-13(18)3-2-7-16-14(19)11-4-5-11/h6,8-9,11,20H,2-5,7,10H2,1H3,(H,16,19)(H,17,18). The van der Waals surface area contributed by atoms with Crippen molar-refractivity contribution >= 4 is 23.2 Å². The van der Waals surface area contributed by atoms with Gasteiger partial charge in [0.05, 0.1) is 6.54 Å². The van der Waals surface area contributed by atoms with Crippen molar-refractivity contribution < 1.29 is 14.7 Å². The summed E-state index contributed by atoms with van der Waals surface area (Å²) in [7, 11) is 0. The van der Waals surface area contributed by atoms with E-state index >= 15 is 0 Å². The van der Waals surface area contributed by atoms with Gasteiger partial charge in [0.1, 0.15) is 5.60 Å². The van der Waals surface area contributed by atoms with Crippen LogP contribution < -0.4 is 10.6 Å². The molecule has 1 heterocycles. The summed E-state index contributed by atoms with van der Waals surface area (Å²) < 4.78 is 0. The lowest BCUT2D eigenvalue weighted by atomic mass is 9.99. The van der Waals surface area contributed by atoms with E-state index in [1.54, 1.807) is 6.92 Å². The Balaban J connectivity index is 1.59. The largest absolute Gasteiger partial charge is 0.384 e. The molecule has 1 fully saturated rings. The van der Waals surface area contributed by atoms with Crippen LogP contribution in [0.1, 0.15) is 38.2 Å². The minimum atomic E-state index is -1.05. The molecule has 2 amide bonds. The van der Waals surface area contributed by atoms with Gasteiger partial charge in [0.2, 0.25) is 11.8 Å². The number of thiophene rings is 1. The molecule has 0 aromatic carbocycles. The Labute approximate surface area is 128 Å². The highest BCUT2D eigenvalue weighted by Crippen LogP contribution is 2.28. The molecule has 1 aliphatic carbocycles. The maximum atomic E-state index is 11.7. The minimum absolute atomic E-state index is 0.105. The number of nitrogens with one attached hydrogen (secondary N) is 2. The van der Waals surface area contributed by atoms with Crippen LogP contribution in [0.3, 0.4) is 0 Å². The van der Waals surface area contributed by atoms with Gasteiger partial charge in [-0.2, -0.15) is 11.3 Å². The maximum Gasteiger partial charge on any atom is 0.223 e. The van der Waals surface area contributed by atoms with Crippen LogP contribution in [0.5, 0.6) is 0 Å². The first-order valence-corrected chi connectivity index (χ1v) is 8.23. The van der Waals surface area contributed by atoms with Crippen LogP contribution in [0.25, 0.3) is 0 Å². The first-order valence-electron chi connectivity index (χ1n) is 7.28. The van der Waals surface area contributed by atoms with Crippen molar-refractivity contribution in [2.45, 2.75) is 38.2 Å². The molecule has 1 aromatic rings. The summed E-state index contributed by atoms with van der Waals surface area (Å²) in [6.07, 6.45) is 2.95. The molecule has 116 valence electrons. The minimum Gasteiger partial charge on any atom is -0.384 e. The van der Waals surface area contributed by atoms with E-state index in [2.05, 4.69) is 10.6 Å². The quantitative estimate of drug-likeness (QED) is 0.635. The molecule has 0 radical (unpaired) electrons. The fourth-order valence-corrected chi connectivity index (χ4v) is 2.77. The van der Waals surface area contributed by atoms with Crippen LogP contribution in [0, 0.1) is 5.92 Å². The Bertz CT molecular complexity index is 481. The number of aliphatic hydroxyl groups is 1. The number of amides is 2. The van der Waals surface area contributed by atoms with Crippen LogP contribution >= 0.6 is 11.3 Å². The van der Waals surface area contributed by atoms with E-state index < -0.39 is 5.60 Å². The number of rotatable bonds is 8. The molecule has 1 saturated carbocycles. The van der Waals surface area contributed by atoms with E-state index in [9.17, 15) is 14.7 Å². The molecular weight excluding hydrogens is 288 g/mol. The molecule has 3 N–H and O–H groups in total. The van der Waals surface area contributed by atoms with E-state index in [0.29, 0.717) is 19.4 Å². The Morgan fingerprint density at radius 2 is 2.19 bits per heavy atom. The van der Waals surface area contributed by atoms with Crippen molar-refractivity contribution in [3.63, 3.8) is 0 Å². The molecule has 1 unspecified atom stereocenters. The highest BCUT2D eigenvalue weighted by molar-refractivity contribution is 7.08. The molecule has 0 aliphatic heterocycles. The van der Waals surface area contributed by atoms with Crippen molar-refractivity contribution in [3.05, 3.63) is 22.4 Å². The predicted molar refractivity (Wildman–Crippen MR) is 81.9 cm³/mol. The zero-order valence-electron chi connectivity index (χ0n) is 12.2. The van der Waals surface area contributed by atoms with Gasteiger partial charge in [-0.05, 0) is 48.6 Å². The summed E-state index contributed by atoms with van der Waals surface area (Å²) in [6.45, 7) is 2.41. The number of carbonyl (C=O) groups is 2. The lowest BCUT2D eigenvalue weighted by Crippen LogP contribution is -2.38. The average molecular weight is 310 g/mol. The van der Waals surface area contributed by atoms with Gasteiger partial charge >= 0.3 is 0 Å². The number of carbonyl (C=O) groups excluding carboxylic acids is 2. The van der Waals surface area contributed by atoms with E-state index in [1.807, 2.05) is 16.8 Å². The molecule has 0 spiro atoms. The third-order valence-corrected chi connectivity index (χ3v) is 4.28. The van der Waals surface area contributed by atoms with Crippen molar-refractivity contribution in [1.82, 2.24) is 10.6 Å². The van der Waals surface area contributed by atoms with Gasteiger partial charge in [-0.25, -0.2) is 0 Å². The number of hydrogen-bond donors (Lipinski definition) is 3. The van der Waals surface area contributed by atoms with Gasteiger partial charge in [0.15, 0.2) is 0 Å². The Morgan fingerprint density at radius 1 is 1.43 bits per heavy atom. The zero-order chi connectivity index (χ0) is 15.3. The van der Waals surface area contributed by atoms with Gasteiger partial charge in [0.25, 0.3) is 0 Å². The third-order valence-electron chi connectivity index (χ3n) is 3.60. The summed E-state index contributed by atoms with van der Waals surface area (Å²) in [5, 5.41) is 19.6. The van der Waals surface area contributed by atoms with Gasteiger partial charge in [-0.1, -0.05) is 0 Å². The molecule has 1 aromatic heterocycles. The molecule has 2 rings (SSSR count). The van der Waals surface area contributed by atoms with Crippen LogP contribution in [-0.4, -0.2) is 30.0 Å². The van der Waals surface area contributed by atoms with E-state index in [-0.39, 0.29) is 24.3 Å². The first-order chi connectivity index (χ1) is 9.99. The highest BCUT2D eigenvalue weighted by Gasteiger charge is 2.29. The fourth-order valence-electron chi connectivity index (χ4n) is 1.98. The highest BCUT2D eigenvalue weighted by atomic mass is 32.1. The van der Waals surface area contributed by atoms with Crippen LogP contribution in [0.4, 0.5) is 0 Å². The second-order valence-corrected chi connectivity index (χ2v) is 6.51. The van der Waals surface area contributed by atoms with Crippen LogP contribution in [-0.2, 0) is 15.2 Å². The van der Waals surface area contributed by atoms with Gasteiger partial charge in [-0.15, -0.1) is 0 Å². The topological polar surface area (TPSA) is 78.4 Å². The molecule has 6 heteroatoms. The maximum absolute atomic E-state index is 11.7. The normalized spacial score (nSPS) is 17.0. The zero-order valence-corrected chi connectivity index (χ0v) is 13.0. The lowest BCUT2D eigenvalue weighted by Gasteiger charge is -2.22. The lowest BCUT2D eigenvalue weighted by molar-refractivity contribution is -0.124. The summed E-state index contributed by atoms with van der Waals surface area (Å²) >= 11 is 1.51. The van der Waals surface area contributed by atoms with Crippen molar-refractivity contribution in [3.8, 4) is 0 Å². The molecule has 5 nitrogen and oxygen atoms in total. The van der Waals surface area contributed by atoms with Gasteiger partial charge in [0, 0.05) is 18.9 Å². The van der Waals surface area contributed by atoms with Crippen LogP contribution in [0.15, 0.2) is 16.8 Å². The Hall–Kier alpha value is -1.40. The van der Waals surface area contributed by atoms with E-state index in [0.717, 1.165) is 18.4 Å². The van der Waals surface area contributed by atoms with Crippen molar-refractivity contribution in [1.29, 1.82) is 0 Å². The number of hydrogen-bond acceptors (Lipinski definition) is 4. The van der Waals surface area contributed by atoms with Crippen molar-refractivity contribution in [2.24, 2.45) is 5.92 Å². The smallest absolute Gasteiger partial charge is 0.223 e. The van der Waals surface area contributed by atoms with E-state index in [4.69, 9.17) is 0 Å². The molecule has 0 saturated heterocycles. The van der Waals surface area contributed by atoms with Crippen molar-refractivity contribution in [2.75, 3.05) is 13.1 Å². The average Bonchev–Trinajstić information content (AvgIpc) is 3.15. The molecule has 1 atom stereocenters. The fraction of sp³-hybridized carbons (Fsp3) is 0.600. The first kappa shape index (κ1) is 16.0. The van der Waals surface area contributed by atoms with Crippen LogP contribution in [0.2, 0.25) is 0 Å². The Kier molecular flexibility index (Phi) is 5.36. The van der Waals surface area contributed by atoms with Gasteiger partial charge in [-0.3, -0.25) is 9.59 Å². The molecule has 21 heavy (non-hydrogen) atoms. The second kappa shape index (κ2) is 7.04. The third kappa shape index (κ3) is 5.13. The monoisotopic (exact) mass is 310 g/mol. The van der Waals surface area contributed by atoms with Gasteiger partial charge < -0.3 is 15.7 Å².